The van der Waals surface area contributed by atoms with E-state index in [0.717, 1.165) is 26.3 Å². The summed E-state index contributed by atoms with van der Waals surface area (Å²) >= 11 is 2.30. The Morgan fingerprint density at radius 3 is 2.80 bits per heavy atom. The normalized spacial score (nSPS) is 15.1. The molecule has 4 rings (SSSR count). The monoisotopic (exact) mass is 376 g/mol. The van der Waals surface area contributed by atoms with Crippen molar-refractivity contribution in [2.45, 2.75) is 6.54 Å². The first-order valence-electron chi connectivity index (χ1n) is 6.67. The maximum atomic E-state index is 12.2. The summed E-state index contributed by atoms with van der Waals surface area (Å²) in [6.45, 7) is 3.33. The smallest absolute Gasteiger partial charge is 0.256 e. The molecule has 20 heavy (non-hydrogen) atoms. The molecule has 1 aliphatic rings. The maximum absolute atomic E-state index is 12.2. The lowest BCUT2D eigenvalue weighted by atomic mass is 9.98. The fraction of sp³-hybridized carbons (Fsp3) is 0.188. The Labute approximate surface area is 129 Å². The van der Waals surface area contributed by atoms with Gasteiger partial charge in [-0.15, -0.1) is 0 Å². The van der Waals surface area contributed by atoms with Crippen LogP contribution in [-0.4, -0.2) is 23.0 Å². The van der Waals surface area contributed by atoms with Gasteiger partial charge in [0.25, 0.3) is 5.56 Å². The highest BCUT2D eigenvalue weighted by Crippen LogP contribution is 2.29. The zero-order valence-corrected chi connectivity index (χ0v) is 13.0. The van der Waals surface area contributed by atoms with E-state index in [1.54, 1.807) is 6.20 Å². The number of benzene rings is 2. The van der Waals surface area contributed by atoms with Crippen LogP contribution in [0.4, 0.5) is 0 Å². The molecule has 100 valence electrons. The van der Waals surface area contributed by atoms with Gasteiger partial charge in [-0.25, -0.2) is 0 Å². The highest BCUT2D eigenvalue weighted by molar-refractivity contribution is 14.1. The van der Waals surface area contributed by atoms with Crippen molar-refractivity contribution in [3.8, 4) is 0 Å². The number of hydrogen-bond donors (Lipinski definition) is 1. The van der Waals surface area contributed by atoms with Gasteiger partial charge in [0.05, 0.1) is 5.39 Å². The Morgan fingerprint density at radius 1 is 1.15 bits per heavy atom. The highest BCUT2D eigenvalue weighted by atomic mass is 127. The number of fused-ring (bicyclic) bond motifs is 3. The van der Waals surface area contributed by atoms with E-state index in [1.807, 2.05) is 6.07 Å². The van der Waals surface area contributed by atoms with Crippen LogP contribution in [0.3, 0.4) is 0 Å². The van der Waals surface area contributed by atoms with Crippen molar-refractivity contribution < 1.29 is 0 Å². The summed E-state index contributed by atoms with van der Waals surface area (Å²) in [4.78, 5) is 17.4. The molecular weight excluding hydrogens is 363 g/mol. The fourth-order valence-corrected chi connectivity index (χ4v) is 3.25. The standard InChI is InChI=1S/C16H13IN2O/c17-12-1-2-13-11(9-19-5-6-19)7-10-3-4-18-16(20)15(10)14(13)8-12/h1-4,7-8H,5-6,9H2,(H,18,20). The predicted octanol–water partition coefficient (Wildman–Crippen LogP) is 3.10. The largest absolute Gasteiger partial charge is 0.329 e. The first kappa shape index (κ1) is 12.3. The van der Waals surface area contributed by atoms with Crippen LogP contribution in [0, 0.1) is 3.57 Å². The predicted molar refractivity (Wildman–Crippen MR) is 90.1 cm³/mol. The lowest BCUT2D eigenvalue weighted by molar-refractivity contribution is 0.559. The first-order valence-corrected chi connectivity index (χ1v) is 7.75. The summed E-state index contributed by atoms with van der Waals surface area (Å²) in [5, 5.41) is 4.09. The van der Waals surface area contributed by atoms with Crippen LogP contribution in [0.2, 0.25) is 0 Å². The van der Waals surface area contributed by atoms with E-state index in [2.05, 4.69) is 56.7 Å². The highest BCUT2D eigenvalue weighted by Gasteiger charge is 2.19. The van der Waals surface area contributed by atoms with Gasteiger partial charge in [0.2, 0.25) is 0 Å². The van der Waals surface area contributed by atoms with E-state index in [1.165, 1.54) is 24.0 Å². The summed E-state index contributed by atoms with van der Waals surface area (Å²) in [6.07, 6.45) is 1.73. The molecule has 1 N–H and O–H groups in total. The van der Waals surface area contributed by atoms with Crippen molar-refractivity contribution in [3.05, 3.63) is 56.0 Å². The number of pyridine rings is 1. The van der Waals surface area contributed by atoms with Crippen LogP contribution in [-0.2, 0) is 6.54 Å². The first-order chi connectivity index (χ1) is 9.72. The third-order valence-corrected chi connectivity index (χ3v) is 4.52. The number of H-pyrrole nitrogens is 1. The second-order valence-corrected chi connectivity index (χ2v) is 6.52. The number of hydrogen-bond acceptors (Lipinski definition) is 2. The molecule has 4 heteroatoms. The van der Waals surface area contributed by atoms with Crippen LogP contribution >= 0.6 is 22.6 Å². The maximum Gasteiger partial charge on any atom is 0.256 e. The van der Waals surface area contributed by atoms with Crippen molar-refractivity contribution in [2.24, 2.45) is 0 Å². The van der Waals surface area contributed by atoms with Gasteiger partial charge in [-0.2, -0.15) is 0 Å². The molecule has 0 amide bonds. The zero-order valence-electron chi connectivity index (χ0n) is 10.8. The Morgan fingerprint density at radius 2 is 2.00 bits per heavy atom. The SMILES string of the molecule is O=c1[nH]ccc2cc(CN3CC3)c3ccc(I)cc3c12. The minimum atomic E-state index is -0.00669. The number of aromatic amines is 1. The molecule has 1 saturated heterocycles. The van der Waals surface area contributed by atoms with Gasteiger partial charge in [-0.3, -0.25) is 9.69 Å². The lowest BCUT2D eigenvalue weighted by Crippen LogP contribution is -2.07. The van der Waals surface area contributed by atoms with Gasteiger partial charge in [-0.1, -0.05) is 6.07 Å². The van der Waals surface area contributed by atoms with E-state index in [0.29, 0.717) is 0 Å². The molecule has 1 aromatic heterocycles. The topological polar surface area (TPSA) is 35.9 Å². The minimum Gasteiger partial charge on any atom is -0.329 e. The van der Waals surface area contributed by atoms with Gasteiger partial charge in [0.1, 0.15) is 0 Å². The second-order valence-electron chi connectivity index (χ2n) is 5.27. The molecule has 0 aliphatic carbocycles. The molecule has 1 aliphatic heterocycles. The van der Waals surface area contributed by atoms with Gasteiger partial charge in [0.15, 0.2) is 0 Å². The van der Waals surface area contributed by atoms with E-state index in [9.17, 15) is 4.79 Å². The van der Waals surface area contributed by atoms with Crippen LogP contribution in [0.15, 0.2) is 41.3 Å². The quantitative estimate of drug-likeness (QED) is 0.424. The Balaban J connectivity index is 2.14. The summed E-state index contributed by atoms with van der Waals surface area (Å²) in [6, 6.07) is 10.5. The van der Waals surface area contributed by atoms with Crippen molar-refractivity contribution >= 4 is 44.1 Å². The van der Waals surface area contributed by atoms with Crippen LogP contribution < -0.4 is 5.56 Å². The van der Waals surface area contributed by atoms with Crippen LogP contribution in [0.1, 0.15) is 5.56 Å². The van der Waals surface area contributed by atoms with Gasteiger partial charge in [-0.05, 0) is 68.6 Å². The van der Waals surface area contributed by atoms with E-state index >= 15 is 0 Å². The molecule has 0 saturated carbocycles. The Hall–Kier alpha value is -1.40. The van der Waals surface area contributed by atoms with Crippen molar-refractivity contribution in [3.63, 3.8) is 0 Å². The molecule has 0 radical (unpaired) electrons. The summed E-state index contributed by atoms with van der Waals surface area (Å²) in [5.74, 6) is 0. The van der Waals surface area contributed by atoms with Gasteiger partial charge in [0, 0.05) is 29.4 Å². The van der Waals surface area contributed by atoms with E-state index in [4.69, 9.17) is 0 Å². The molecule has 3 aromatic rings. The second kappa shape index (κ2) is 4.56. The zero-order chi connectivity index (χ0) is 13.7. The molecule has 2 heterocycles. The third kappa shape index (κ3) is 2.03. The molecule has 2 aromatic carbocycles. The lowest BCUT2D eigenvalue weighted by Gasteiger charge is -2.11. The summed E-state index contributed by atoms with van der Waals surface area (Å²) < 4.78 is 1.16. The number of rotatable bonds is 2. The van der Waals surface area contributed by atoms with E-state index < -0.39 is 0 Å². The number of halogens is 1. The average Bonchev–Trinajstić information content (AvgIpc) is 3.22. The summed E-state index contributed by atoms with van der Waals surface area (Å²) in [7, 11) is 0. The third-order valence-electron chi connectivity index (χ3n) is 3.85. The average molecular weight is 376 g/mol. The minimum absolute atomic E-state index is 0.00669. The molecule has 0 spiro atoms. The van der Waals surface area contributed by atoms with Gasteiger partial charge < -0.3 is 4.98 Å². The van der Waals surface area contributed by atoms with Crippen molar-refractivity contribution in [1.29, 1.82) is 0 Å². The Kier molecular flexibility index (Phi) is 2.82. The van der Waals surface area contributed by atoms with Crippen molar-refractivity contribution in [1.82, 2.24) is 9.88 Å². The van der Waals surface area contributed by atoms with E-state index in [-0.39, 0.29) is 5.56 Å². The molecule has 3 nitrogen and oxygen atoms in total. The number of nitrogens with zero attached hydrogens (tertiary/aromatic N) is 1. The molecule has 0 atom stereocenters. The Bertz CT molecular complexity index is 881. The fourth-order valence-electron chi connectivity index (χ4n) is 2.76. The van der Waals surface area contributed by atoms with Crippen LogP contribution in [0.5, 0.6) is 0 Å². The van der Waals surface area contributed by atoms with Crippen molar-refractivity contribution in [2.75, 3.05) is 13.1 Å². The van der Waals surface area contributed by atoms with Gasteiger partial charge >= 0.3 is 0 Å². The number of nitrogens with one attached hydrogen (secondary N) is 1. The molecule has 0 bridgehead atoms. The van der Waals surface area contributed by atoms with Crippen LogP contribution in [0.25, 0.3) is 21.5 Å². The number of aromatic nitrogens is 1. The molecule has 1 fully saturated rings. The molecular formula is C16H13IN2O. The molecule has 0 unspecified atom stereocenters. The summed E-state index contributed by atoms with van der Waals surface area (Å²) in [5.41, 5.74) is 1.31.